The summed E-state index contributed by atoms with van der Waals surface area (Å²) in [5.74, 6) is 0.525. The van der Waals surface area contributed by atoms with E-state index in [1.54, 1.807) is 7.05 Å². The molecular weight excluding hydrogens is 322 g/mol. The molecule has 0 aliphatic carbocycles. The van der Waals surface area contributed by atoms with Crippen LogP contribution in [0.5, 0.6) is 0 Å². The summed E-state index contributed by atoms with van der Waals surface area (Å²) in [5.41, 5.74) is 0.255. The molecule has 25 heavy (non-hydrogen) atoms. The molecular formula is C17H17N5O3. The van der Waals surface area contributed by atoms with Gasteiger partial charge in [0.25, 0.3) is 11.2 Å². The highest BCUT2D eigenvalue weighted by Crippen LogP contribution is 2.25. The first-order valence-electron chi connectivity index (χ1n) is 8.04. The Hall–Kier alpha value is -3.21. The standard InChI is InChI=1S/C17H17N5O3/c1-20-16(23)14(11-18)15(12-5-7-13(8-6-12)22(24)25)19-17(20)21-9-3-2-4-10-21/h5-8H,2-4,9-10H2,1H3. The van der Waals surface area contributed by atoms with Crippen LogP contribution in [0.2, 0.25) is 0 Å². The monoisotopic (exact) mass is 339 g/mol. The fourth-order valence-electron chi connectivity index (χ4n) is 3.02. The van der Waals surface area contributed by atoms with Crippen LogP contribution in [0, 0.1) is 21.4 Å². The Morgan fingerprint density at radius 1 is 1.20 bits per heavy atom. The molecule has 128 valence electrons. The predicted molar refractivity (Wildman–Crippen MR) is 92.3 cm³/mol. The van der Waals surface area contributed by atoms with Crippen LogP contribution in [0.3, 0.4) is 0 Å². The Balaban J connectivity index is 2.14. The highest BCUT2D eigenvalue weighted by atomic mass is 16.6. The van der Waals surface area contributed by atoms with Crippen molar-refractivity contribution < 1.29 is 4.92 Å². The fraction of sp³-hybridized carbons (Fsp3) is 0.353. The summed E-state index contributed by atoms with van der Waals surface area (Å²) in [7, 11) is 1.61. The maximum atomic E-state index is 12.6. The highest BCUT2D eigenvalue weighted by Gasteiger charge is 2.21. The van der Waals surface area contributed by atoms with Crippen LogP contribution in [0.4, 0.5) is 11.6 Å². The van der Waals surface area contributed by atoms with E-state index in [-0.39, 0.29) is 16.9 Å². The highest BCUT2D eigenvalue weighted by molar-refractivity contribution is 5.68. The van der Waals surface area contributed by atoms with Crippen LogP contribution in [-0.2, 0) is 7.05 Å². The Bertz CT molecular complexity index is 906. The molecule has 8 heteroatoms. The van der Waals surface area contributed by atoms with Crippen molar-refractivity contribution >= 4 is 11.6 Å². The van der Waals surface area contributed by atoms with Gasteiger partial charge in [-0.05, 0) is 31.4 Å². The molecule has 8 nitrogen and oxygen atoms in total. The van der Waals surface area contributed by atoms with Gasteiger partial charge in [0.1, 0.15) is 11.6 Å². The Kier molecular flexibility index (Phi) is 4.48. The molecule has 0 saturated carbocycles. The van der Waals surface area contributed by atoms with Crippen LogP contribution in [0.1, 0.15) is 24.8 Å². The molecule has 0 N–H and O–H groups in total. The van der Waals surface area contributed by atoms with Gasteiger partial charge in [-0.3, -0.25) is 19.5 Å². The van der Waals surface area contributed by atoms with Gasteiger partial charge in [0.15, 0.2) is 0 Å². The second kappa shape index (κ2) is 6.73. The number of nitrogens with zero attached hydrogens (tertiary/aromatic N) is 5. The molecule has 2 aromatic rings. The van der Waals surface area contributed by atoms with Crippen LogP contribution < -0.4 is 10.5 Å². The SMILES string of the molecule is Cn1c(N2CCCCC2)nc(-c2ccc([N+](=O)[O-])cc2)c(C#N)c1=O. The maximum Gasteiger partial charge on any atom is 0.273 e. The number of nitro benzene ring substituents is 1. The predicted octanol–water partition coefficient (Wildman–Crippen LogP) is 2.22. The number of nitriles is 1. The largest absolute Gasteiger partial charge is 0.342 e. The second-order valence-electron chi connectivity index (χ2n) is 5.96. The van der Waals surface area contributed by atoms with E-state index in [1.807, 2.05) is 11.0 Å². The third-order valence-electron chi connectivity index (χ3n) is 4.37. The van der Waals surface area contributed by atoms with Crippen molar-refractivity contribution in [1.29, 1.82) is 5.26 Å². The number of hydrogen-bond donors (Lipinski definition) is 0. The lowest BCUT2D eigenvalue weighted by Crippen LogP contribution is -2.36. The average Bonchev–Trinajstić information content (AvgIpc) is 2.64. The molecule has 1 aliphatic heterocycles. The van der Waals surface area contributed by atoms with Crippen LogP contribution >= 0.6 is 0 Å². The molecule has 1 aromatic heterocycles. The minimum atomic E-state index is -0.494. The topological polar surface area (TPSA) is 105 Å². The average molecular weight is 339 g/mol. The summed E-state index contributed by atoms with van der Waals surface area (Å²) in [5, 5.41) is 20.2. The summed E-state index contributed by atoms with van der Waals surface area (Å²) in [6.07, 6.45) is 3.21. The van der Waals surface area contributed by atoms with E-state index in [9.17, 15) is 20.2 Å². The van der Waals surface area contributed by atoms with Gasteiger partial charge < -0.3 is 4.90 Å². The number of aromatic nitrogens is 2. The maximum absolute atomic E-state index is 12.6. The zero-order chi connectivity index (χ0) is 18.0. The van der Waals surface area contributed by atoms with Crippen LogP contribution in [0.25, 0.3) is 11.3 Å². The van der Waals surface area contributed by atoms with E-state index in [0.717, 1.165) is 32.4 Å². The summed E-state index contributed by atoms with van der Waals surface area (Å²) in [6.45, 7) is 1.62. The van der Waals surface area contributed by atoms with Crippen molar-refractivity contribution in [3.8, 4) is 17.3 Å². The second-order valence-corrected chi connectivity index (χ2v) is 5.96. The van der Waals surface area contributed by atoms with E-state index in [4.69, 9.17) is 0 Å². The minimum Gasteiger partial charge on any atom is -0.342 e. The van der Waals surface area contributed by atoms with Crippen molar-refractivity contribution in [2.45, 2.75) is 19.3 Å². The molecule has 0 bridgehead atoms. The lowest BCUT2D eigenvalue weighted by Gasteiger charge is -2.29. The van der Waals surface area contributed by atoms with Gasteiger partial charge in [-0.1, -0.05) is 0 Å². The van der Waals surface area contributed by atoms with Crippen molar-refractivity contribution in [3.63, 3.8) is 0 Å². The van der Waals surface area contributed by atoms with Crippen LogP contribution in [0.15, 0.2) is 29.1 Å². The molecule has 1 aliphatic rings. The summed E-state index contributed by atoms with van der Waals surface area (Å²) in [6, 6.07) is 7.64. The molecule has 1 aromatic carbocycles. The molecule has 1 saturated heterocycles. The molecule has 0 unspecified atom stereocenters. The van der Waals surface area contributed by atoms with Crippen LogP contribution in [-0.4, -0.2) is 27.6 Å². The zero-order valence-electron chi connectivity index (χ0n) is 13.8. The van der Waals surface area contributed by atoms with Gasteiger partial charge in [0, 0.05) is 37.8 Å². The van der Waals surface area contributed by atoms with Gasteiger partial charge in [-0.2, -0.15) is 5.26 Å². The van der Waals surface area contributed by atoms with E-state index >= 15 is 0 Å². The molecule has 0 radical (unpaired) electrons. The third-order valence-corrected chi connectivity index (χ3v) is 4.37. The van der Waals surface area contributed by atoms with Gasteiger partial charge >= 0.3 is 0 Å². The molecule has 0 spiro atoms. The first kappa shape index (κ1) is 16.6. The van der Waals surface area contributed by atoms with Crippen molar-refractivity contribution in [2.24, 2.45) is 7.05 Å². The number of nitro groups is 1. The van der Waals surface area contributed by atoms with Gasteiger partial charge in [-0.15, -0.1) is 0 Å². The number of non-ortho nitro benzene ring substituents is 1. The van der Waals surface area contributed by atoms with E-state index in [0.29, 0.717) is 11.5 Å². The molecule has 2 heterocycles. The fourth-order valence-corrected chi connectivity index (χ4v) is 3.02. The van der Waals surface area contributed by atoms with Crippen molar-refractivity contribution in [2.75, 3.05) is 18.0 Å². The molecule has 0 atom stereocenters. The smallest absolute Gasteiger partial charge is 0.273 e. The summed E-state index contributed by atoms with van der Waals surface area (Å²) >= 11 is 0. The Labute approximate surface area is 144 Å². The third kappa shape index (κ3) is 3.08. The summed E-state index contributed by atoms with van der Waals surface area (Å²) < 4.78 is 1.40. The van der Waals surface area contributed by atoms with Gasteiger partial charge in [0.2, 0.25) is 5.95 Å². The Morgan fingerprint density at radius 2 is 1.84 bits per heavy atom. The molecule has 3 rings (SSSR count). The molecule has 1 fully saturated rings. The van der Waals surface area contributed by atoms with E-state index in [2.05, 4.69) is 4.98 Å². The van der Waals surface area contributed by atoms with E-state index in [1.165, 1.54) is 28.8 Å². The van der Waals surface area contributed by atoms with Crippen molar-refractivity contribution in [1.82, 2.24) is 9.55 Å². The number of rotatable bonds is 3. The first-order chi connectivity index (χ1) is 12.0. The number of hydrogen-bond acceptors (Lipinski definition) is 6. The number of piperidine rings is 1. The van der Waals surface area contributed by atoms with E-state index < -0.39 is 10.5 Å². The van der Waals surface area contributed by atoms with Gasteiger partial charge in [0.05, 0.1) is 10.6 Å². The number of anilines is 1. The zero-order valence-corrected chi connectivity index (χ0v) is 13.8. The summed E-state index contributed by atoms with van der Waals surface area (Å²) in [4.78, 5) is 29.5. The minimum absolute atomic E-state index is 0.0534. The van der Waals surface area contributed by atoms with Crippen molar-refractivity contribution in [3.05, 3.63) is 50.3 Å². The molecule has 0 amide bonds. The number of benzene rings is 1. The lowest BCUT2D eigenvalue weighted by atomic mass is 10.1. The normalized spacial score (nSPS) is 14.2. The van der Waals surface area contributed by atoms with Gasteiger partial charge in [-0.25, -0.2) is 4.98 Å². The first-order valence-corrected chi connectivity index (χ1v) is 8.04. The Morgan fingerprint density at radius 3 is 2.40 bits per heavy atom. The quantitative estimate of drug-likeness (QED) is 0.627. The lowest BCUT2D eigenvalue weighted by molar-refractivity contribution is -0.384.